The predicted octanol–water partition coefficient (Wildman–Crippen LogP) is -0.672. The quantitative estimate of drug-likeness (QED) is 0.514. The highest BCUT2D eigenvalue weighted by atomic mass is 16.4. The van der Waals surface area contributed by atoms with E-state index in [1.165, 1.54) is 6.92 Å². The van der Waals surface area contributed by atoms with Gasteiger partial charge >= 0.3 is 5.97 Å². The van der Waals surface area contributed by atoms with Crippen molar-refractivity contribution in [3.63, 3.8) is 0 Å². The number of aliphatic hydroxyl groups is 1. The maximum Gasteiger partial charge on any atom is 0.306 e. The van der Waals surface area contributed by atoms with Crippen LogP contribution in [0.3, 0.4) is 0 Å². The summed E-state index contributed by atoms with van der Waals surface area (Å²) in [6.07, 6.45) is 0.363. The SMILES string of the molecule is CC(O)(CNC(=O)C1(C)CCNC1)CC(=O)O. The Morgan fingerprint density at radius 3 is 2.65 bits per heavy atom. The van der Waals surface area contributed by atoms with Gasteiger partial charge in [0.2, 0.25) is 5.91 Å². The van der Waals surface area contributed by atoms with Gasteiger partial charge in [0, 0.05) is 13.1 Å². The number of nitrogens with one attached hydrogen (secondary N) is 2. The van der Waals surface area contributed by atoms with E-state index in [0.717, 1.165) is 13.0 Å². The Balaban J connectivity index is 2.44. The number of carboxylic acid groups (broad SMARTS) is 1. The Kier molecular flexibility index (Phi) is 4.11. The third kappa shape index (κ3) is 3.98. The number of carboxylic acids is 1. The average molecular weight is 244 g/mol. The van der Waals surface area contributed by atoms with E-state index in [-0.39, 0.29) is 18.9 Å². The second-order valence-corrected chi connectivity index (χ2v) is 5.24. The lowest BCUT2D eigenvalue weighted by molar-refractivity contribution is -0.143. The summed E-state index contributed by atoms with van der Waals surface area (Å²) in [6, 6.07) is 0. The first-order chi connectivity index (χ1) is 7.75. The molecule has 17 heavy (non-hydrogen) atoms. The fraction of sp³-hybridized carbons (Fsp3) is 0.818. The third-order valence-electron chi connectivity index (χ3n) is 3.08. The largest absolute Gasteiger partial charge is 0.481 e. The molecule has 0 saturated carbocycles. The van der Waals surface area contributed by atoms with Crippen molar-refractivity contribution in [2.75, 3.05) is 19.6 Å². The molecule has 98 valence electrons. The van der Waals surface area contributed by atoms with Crippen molar-refractivity contribution in [2.24, 2.45) is 5.41 Å². The molecular weight excluding hydrogens is 224 g/mol. The number of aliphatic carboxylic acids is 1. The third-order valence-corrected chi connectivity index (χ3v) is 3.08. The summed E-state index contributed by atoms with van der Waals surface area (Å²) >= 11 is 0. The van der Waals surface area contributed by atoms with Crippen molar-refractivity contribution in [3.8, 4) is 0 Å². The highest BCUT2D eigenvalue weighted by Gasteiger charge is 2.37. The van der Waals surface area contributed by atoms with E-state index in [1.807, 2.05) is 6.92 Å². The van der Waals surface area contributed by atoms with Crippen LogP contribution in [0.15, 0.2) is 0 Å². The standard InChI is InChI=1S/C11H20N2O4/c1-10(3-4-12-6-10)9(16)13-7-11(2,17)5-8(14)15/h12,17H,3-7H2,1-2H3,(H,13,16)(H,14,15). The zero-order valence-corrected chi connectivity index (χ0v) is 10.2. The Labute approximate surface area is 100 Å². The van der Waals surface area contributed by atoms with Crippen molar-refractivity contribution in [2.45, 2.75) is 32.3 Å². The van der Waals surface area contributed by atoms with Crippen LogP contribution in [-0.2, 0) is 9.59 Å². The first-order valence-corrected chi connectivity index (χ1v) is 5.68. The van der Waals surface area contributed by atoms with Crippen LogP contribution in [0.2, 0.25) is 0 Å². The molecule has 6 nitrogen and oxygen atoms in total. The van der Waals surface area contributed by atoms with E-state index in [9.17, 15) is 14.7 Å². The van der Waals surface area contributed by atoms with Crippen LogP contribution in [0.4, 0.5) is 0 Å². The van der Waals surface area contributed by atoms with Crippen molar-refractivity contribution >= 4 is 11.9 Å². The maximum atomic E-state index is 11.9. The van der Waals surface area contributed by atoms with Crippen LogP contribution >= 0.6 is 0 Å². The lowest BCUT2D eigenvalue weighted by atomic mass is 9.88. The molecule has 2 atom stereocenters. The van der Waals surface area contributed by atoms with Gasteiger partial charge in [-0.15, -0.1) is 0 Å². The van der Waals surface area contributed by atoms with E-state index in [4.69, 9.17) is 5.11 Å². The van der Waals surface area contributed by atoms with Gasteiger partial charge < -0.3 is 20.8 Å². The lowest BCUT2D eigenvalue weighted by Gasteiger charge is -2.26. The molecule has 0 radical (unpaired) electrons. The Morgan fingerprint density at radius 2 is 2.18 bits per heavy atom. The van der Waals surface area contributed by atoms with Gasteiger partial charge in [-0.25, -0.2) is 0 Å². The number of carbonyl (C=O) groups excluding carboxylic acids is 1. The van der Waals surface area contributed by atoms with Crippen LogP contribution in [-0.4, -0.2) is 47.3 Å². The maximum absolute atomic E-state index is 11.9. The Bertz CT molecular complexity index is 309. The number of hydrogen-bond donors (Lipinski definition) is 4. The topological polar surface area (TPSA) is 98.7 Å². The predicted molar refractivity (Wildman–Crippen MR) is 61.5 cm³/mol. The molecule has 0 aliphatic carbocycles. The second-order valence-electron chi connectivity index (χ2n) is 5.24. The molecule has 0 aromatic carbocycles. The molecule has 0 bridgehead atoms. The number of amides is 1. The molecule has 2 unspecified atom stereocenters. The van der Waals surface area contributed by atoms with Gasteiger partial charge in [0.05, 0.1) is 17.4 Å². The molecule has 1 heterocycles. The van der Waals surface area contributed by atoms with E-state index in [1.54, 1.807) is 0 Å². The summed E-state index contributed by atoms with van der Waals surface area (Å²) in [6.45, 7) is 4.62. The molecule has 1 saturated heterocycles. The summed E-state index contributed by atoms with van der Waals surface area (Å²) in [5.74, 6) is -1.23. The van der Waals surface area contributed by atoms with Crippen molar-refractivity contribution in [3.05, 3.63) is 0 Å². The summed E-state index contributed by atoms with van der Waals surface area (Å²) in [4.78, 5) is 22.4. The van der Waals surface area contributed by atoms with Gasteiger partial charge in [0.1, 0.15) is 0 Å². The van der Waals surface area contributed by atoms with Crippen LogP contribution in [0.1, 0.15) is 26.7 Å². The molecule has 1 aliphatic rings. The van der Waals surface area contributed by atoms with Gasteiger partial charge in [-0.1, -0.05) is 0 Å². The first-order valence-electron chi connectivity index (χ1n) is 5.68. The Hall–Kier alpha value is -1.14. The first kappa shape index (κ1) is 13.9. The minimum absolute atomic E-state index is 0.0479. The lowest BCUT2D eigenvalue weighted by Crippen LogP contribution is -2.47. The molecule has 4 N–H and O–H groups in total. The summed E-state index contributed by atoms with van der Waals surface area (Å²) in [5.41, 5.74) is -1.87. The van der Waals surface area contributed by atoms with Gasteiger partial charge in [0.25, 0.3) is 0 Å². The smallest absolute Gasteiger partial charge is 0.306 e. The molecule has 0 aromatic heterocycles. The molecular formula is C11H20N2O4. The normalized spacial score (nSPS) is 27.5. The Morgan fingerprint density at radius 1 is 1.53 bits per heavy atom. The molecule has 1 rings (SSSR count). The molecule has 0 aromatic rings. The monoisotopic (exact) mass is 244 g/mol. The van der Waals surface area contributed by atoms with E-state index in [2.05, 4.69) is 10.6 Å². The molecule has 6 heteroatoms. The van der Waals surface area contributed by atoms with Gasteiger partial charge in [-0.2, -0.15) is 0 Å². The van der Waals surface area contributed by atoms with Crippen molar-refractivity contribution in [1.82, 2.24) is 10.6 Å². The van der Waals surface area contributed by atoms with Gasteiger partial charge in [0.15, 0.2) is 0 Å². The van der Waals surface area contributed by atoms with Gasteiger partial charge in [-0.3, -0.25) is 9.59 Å². The summed E-state index contributed by atoms with van der Waals surface area (Å²) in [5, 5.41) is 24.1. The van der Waals surface area contributed by atoms with Crippen molar-refractivity contribution in [1.29, 1.82) is 0 Å². The fourth-order valence-electron chi connectivity index (χ4n) is 1.88. The highest BCUT2D eigenvalue weighted by Crippen LogP contribution is 2.24. The molecule has 1 aliphatic heterocycles. The van der Waals surface area contributed by atoms with Crippen LogP contribution in [0.5, 0.6) is 0 Å². The van der Waals surface area contributed by atoms with Crippen molar-refractivity contribution < 1.29 is 19.8 Å². The highest BCUT2D eigenvalue weighted by molar-refractivity contribution is 5.83. The van der Waals surface area contributed by atoms with E-state index in [0.29, 0.717) is 6.54 Å². The number of rotatable bonds is 5. The minimum Gasteiger partial charge on any atom is -0.481 e. The number of hydrogen-bond acceptors (Lipinski definition) is 4. The summed E-state index contributed by atoms with van der Waals surface area (Å²) in [7, 11) is 0. The van der Waals surface area contributed by atoms with Crippen LogP contribution in [0, 0.1) is 5.41 Å². The molecule has 1 amide bonds. The van der Waals surface area contributed by atoms with Crippen LogP contribution in [0.25, 0.3) is 0 Å². The summed E-state index contributed by atoms with van der Waals surface area (Å²) < 4.78 is 0. The zero-order chi connectivity index (χ0) is 13.1. The molecule has 1 fully saturated rings. The van der Waals surface area contributed by atoms with Gasteiger partial charge in [-0.05, 0) is 26.8 Å². The average Bonchev–Trinajstić information content (AvgIpc) is 2.61. The van der Waals surface area contributed by atoms with E-state index >= 15 is 0 Å². The fourth-order valence-corrected chi connectivity index (χ4v) is 1.88. The van der Waals surface area contributed by atoms with Crippen LogP contribution < -0.4 is 10.6 Å². The van der Waals surface area contributed by atoms with E-state index < -0.39 is 17.0 Å². The zero-order valence-electron chi connectivity index (χ0n) is 10.2. The number of carbonyl (C=O) groups is 2. The molecule has 0 spiro atoms. The second kappa shape index (κ2) is 5.01. The minimum atomic E-state index is -1.41.